The van der Waals surface area contributed by atoms with Crippen molar-refractivity contribution in [2.45, 2.75) is 129 Å². The van der Waals surface area contributed by atoms with Crippen molar-refractivity contribution in [3.8, 4) is 11.1 Å². The van der Waals surface area contributed by atoms with Crippen LogP contribution < -0.4 is 31.1 Å². The van der Waals surface area contributed by atoms with E-state index in [1.807, 2.05) is 0 Å². The van der Waals surface area contributed by atoms with Crippen LogP contribution in [0.3, 0.4) is 0 Å². The van der Waals surface area contributed by atoms with Gasteiger partial charge in [-0.3, -0.25) is 0 Å². The van der Waals surface area contributed by atoms with E-state index in [9.17, 15) is 0 Å². The number of furan rings is 2. The van der Waals surface area contributed by atoms with E-state index in [0.717, 1.165) is 79.5 Å². The van der Waals surface area contributed by atoms with Crippen LogP contribution >= 0.6 is 0 Å². The summed E-state index contributed by atoms with van der Waals surface area (Å²) >= 11 is 0. The lowest BCUT2D eigenvalue weighted by molar-refractivity contribution is 0.195. The van der Waals surface area contributed by atoms with Crippen LogP contribution in [-0.2, 0) is 21.7 Å². The second-order valence-electron chi connectivity index (χ2n) is 27.2. The largest absolute Gasteiger partial charge is 0.456 e. The molecule has 5 heterocycles. The van der Waals surface area contributed by atoms with Crippen LogP contribution in [0.15, 0.2) is 185 Å². The molecule has 2 unspecified atom stereocenters. The molecule has 0 N–H and O–H groups in total. The first-order valence-electron chi connectivity index (χ1n) is 29.2. The van der Waals surface area contributed by atoms with Crippen molar-refractivity contribution >= 4 is 112 Å². The zero-order valence-electron chi connectivity index (χ0n) is 48.3. The number of anilines is 8. The Labute approximate surface area is 471 Å². The van der Waals surface area contributed by atoms with E-state index in [0.29, 0.717) is 0 Å². The molecule has 0 bridgehead atoms. The van der Waals surface area contributed by atoms with Crippen LogP contribution in [0.5, 0.6) is 0 Å². The molecule has 0 radical (unpaired) electrons. The molecule has 2 atom stereocenters. The van der Waals surface area contributed by atoms with E-state index in [2.05, 4.69) is 267 Å². The Balaban J connectivity index is 1.13. The summed E-state index contributed by atoms with van der Waals surface area (Å²) in [5.41, 5.74) is 24.0. The molecule has 4 aliphatic rings. The monoisotopic (exact) mass is 1040 g/mol. The highest BCUT2D eigenvalue weighted by molar-refractivity contribution is 7.00. The minimum Gasteiger partial charge on any atom is -0.456 e. The SMILES string of the molecule is CC(C)(C)c1ccc2c(c1)B1c3ccc4oc5ccccc5c4c3N(c3ccc(C(C)(C)C)cc3-c3ccccc3)c3cc(N4c5ccc(C(C)(C)C)cc5C5(C)CCCCC45C)cc(c31)N2c1cccc2c1oc1ccccc12. The van der Waals surface area contributed by atoms with Gasteiger partial charge in [0, 0.05) is 55.6 Å². The summed E-state index contributed by atoms with van der Waals surface area (Å²) in [6.45, 7) is 26.1. The van der Waals surface area contributed by atoms with Gasteiger partial charge in [0.2, 0.25) is 0 Å². The van der Waals surface area contributed by atoms with Crippen molar-refractivity contribution in [2.75, 3.05) is 14.7 Å². The summed E-state index contributed by atoms with van der Waals surface area (Å²) in [4.78, 5) is 8.07. The Morgan fingerprint density at radius 2 is 1.05 bits per heavy atom. The number of fused-ring (bicyclic) bond motifs is 14. The van der Waals surface area contributed by atoms with Crippen LogP contribution in [0.4, 0.5) is 45.5 Å². The van der Waals surface area contributed by atoms with Gasteiger partial charge >= 0.3 is 0 Å². The Bertz CT molecular complexity index is 4390. The highest BCUT2D eigenvalue weighted by Gasteiger charge is 2.58. The summed E-state index contributed by atoms with van der Waals surface area (Å²) in [5, 5.41) is 4.47. The van der Waals surface area contributed by atoms with E-state index in [1.54, 1.807) is 0 Å². The summed E-state index contributed by atoms with van der Waals surface area (Å²) in [7, 11) is 0. The van der Waals surface area contributed by atoms with Gasteiger partial charge in [0.05, 0.1) is 28.0 Å². The van der Waals surface area contributed by atoms with Gasteiger partial charge in [-0.25, -0.2) is 0 Å². The zero-order chi connectivity index (χ0) is 55.0. The standard InChI is InChI=1S/C74H70BN3O2/c1-70(2,3)46-30-34-57(53(40-46)45-22-13-12-14-23-45)77-62-44-49(78-58-35-31-47(71(4,5)6)41-54(58)73(10)38-19-20-39-74(73,78)11)43-61-67(62)75(55-33-37-65-66(68(55)77)52-25-16-18-29-64(52)79-65)56-42-48(72(7,8)9)32-36-59(56)76(61)60-27-21-26-51-50-24-15-17-28-63(50)80-69(51)60/h12-18,21-37,40-44H,19-20,38-39H2,1-11H3. The maximum atomic E-state index is 7.11. The maximum absolute atomic E-state index is 7.11. The molecule has 0 saturated heterocycles. The molecule has 3 aliphatic heterocycles. The number of para-hydroxylation sites is 3. The van der Waals surface area contributed by atoms with Crippen molar-refractivity contribution in [2.24, 2.45) is 0 Å². The molecule has 9 aromatic carbocycles. The Morgan fingerprint density at radius 3 is 1.77 bits per heavy atom. The third kappa shape index (κ3) is 6.90. The topological polar surface area (TPSA) is 36.0 Å². The van der Waals surface area contributed by atoms with Gasteiger partial charge in [-0.15, -0.1) is 0 Å². The molecule has 1 saturated carbocycles. The van der Waals surface area contributed by atoms with E-state index in [1.165, 1.54) is 85.4 Å². The second kappa shape index (κ2) is 16.8. The van der Waals surface area contributed by atoms with Gasteiger partial charge in [0.15, 0.2) is 5.58 Å². The van der Waals surface area contributed by atoms with Crippen molar-refractivity contribution < 1.29 is 8.83 Å². The van der Waals surface area contributed by atoms with E-state index < -0.39 is 0 Å². The molecule has 0 spiro atoms. The fourth-order valence-electron chi connectivity index (χ4n) is 14.9. The Hall–Kier alpha value is -7.96. The first kappa shape index (κ1) is 49.1. The minimum atomic E-state index is -0.225. The molecular formula is C74H70BN3O2. The molecule has 6 heteroatoms. The number of rotatable bonds is 4. The first-order valence-corrected chi connectivity index (χ1v) is 29.2. The van der Waals surface area contributed by atoms with Crippen LogP contribution in [0, 0.1) is 0 Å². The fourth-order valence-corrected chi connectivity index (χ4v) is 14.9. The third-order valence-electron chi connectivity index (χ3n) is 19.5. The quantitative estimate of drug-likeness (QED) is 0.164. The predicted octanol–water partition coefficient (Wildman–Crippen LogP) is 18.9. The van der Waals surface area contributed by atoms with Gasteiger partial charge in [0.25, 0.3) is 6.71 Å². The molecule has 15 rings (SSSR count). The van der Waals surface area contributed by atoms with Gasteiger partial charge in [-0.1, -0.05) is 197 Å². The average molecular weight is 1040 g/mol. The average Bonchev–Trinajstić information content (AvgIpc) is 2.01. The van der Waals surface area contributed by atoms with Crippen LogP contribution in [-0.4, -0.2) is 12.3 Å². The normalized spacial score (nSPS) is 18.7. The third-order valence-corrected chi connectivity index (χ3v) is 19.5. The second-order valence-corrected chi connectivity index (χ2v) is 27.2. The van der Waals surface area contributed by atoms with Crippen LogP contribution in [0.2, 0.25) is 0 Å². The lowest BCUT2D eigenvalue weighted by Gasteiger charge is -2.51. The number of hydrogen-bond acceptors (Lipinski definition) is 5. The highest BCUT2D eigenvalue weighted by atomic mass is 16.3. The van der Waals surface area contributed by atoms with Crippen LogP contribution in [0.25, 0.3) is 55.0 Å². The Kier molecular flexibility index (Phi) is 10.3. The highest BCUT2D eigenvalue weighted by Crippen LogP contribution is 2.63. The molecular weight excluding hydrogens is 974 g/mol. The van der Waals surface area contributed by atoms with Gasteiger partial charge < -0.3 is 23.5 Å². The van der Waals surface area contributed by atoms with E-state index >= 15 is 0 Å². The smallest absolute Gasteiger partial charge is 0.252 e. The molecule has 11 aromatic rings. The summed E-state index contributed by atoms with van der Waals surface area (Å²) in [5.74, 6) is 0. The lowest BCUT2D eigenvalue weighted by atomic mass is 9.33. The molecule has 2 aromatic heterocycles. The minimum absolute atomic E-state index is 0.00276. The van der Waals surface area contributed by atoms with Gasteiger partial charge in [-0.2, -0.15) is 0 Å². The Morgan fingerprint density at radius 1 is 0.450 bits per heavy atom. The summed E-state index contributed by atoms with van der Waals surface area (Å²) in [6, 6.07) is 66.9. The maximum Gasteiger partial charge on any atom is 0.252 e. The lowest BCUT2D eigenvalue weighted by Crippen LogP contribution is -2.61. The van der Waals surface area contributed by atoms with Crippen molar-refractivity contribution in [3.05, 3.63) is 198 Å². The van der Waals surface area contributed by atoms with Crippen molar-refractivity contribution in [3.63, 3.8) is 0 Å². The van der Waals surface area contributed by atoms with Gasteiger partial charge in [0.1, 0.15) is 16.7 Å². The molecule has 80 heavy (non-hydrogen) atoms. The van der Waals surface area contributed by atoms with Crippen molar-refractivity contribution in [1.29, 1.82) is 0 Å². The number of benzene rings is 9. The van der Waals surface area contributed by atoms with Crippen LogP contribution in [0.1, 0.15) is 124 Å². The molecule has 396 valence electrons. The van der Waals surface area contributed by atoms with Crippen molar-refractivity contribution in [1.82, 2.24) is 0 Å². The molecule has 1 fully saturated rings. The molecule has 1 aliphatic carbocycles. The molecule has 5 nitrogen and oxygen atoms in total. The zero-order valence-corrected chi connectivity index (χ0v) is 48.3. The van der Waals surface area contributed by atoms with E-state index in [4.69, 9.17) is 8.83 Å². The predicted molar refractivity (Wildman–Crippen MR) is 339 cm³/mol. The first-order chi connectivity index (χ1) is 38.3. The number of nitrogens with zero attached hydrogens (tertiary/aromatic N) is 3. The van der Waals surface area contributed by atoms with E-state index in [-0.39, 0.29) is 33.9 Å². The fraction of sp³-hybridized carbons (Fsp3) is 0.270. The molecule has 0 amide bonds. The van der Waals surface area contributed by atoms with Gasteiger partial charge in [-0.05, 0) is 141 Å². The summed E-state index contributed by atoms with van der Waals surface area (Å²) < 4.78 is 14.1. The summed E-state index contributed by atoms with van der Waals surface area (Å²) in [6.07, 6.45) is 4.61. The number of hydrogen-bond donors (Lipinski definition) is 0.